The van der Waals surface area contributed by atoms with E-state index in [0.717, 1.165) is 0 Å². The molecule has 0 saturated carbocycles. The fourth-order valence-electron chi connectivity index (χ4n) is 0.898. The third-order valence-corrected chi connectivity index (χ3v) is 1.56. The molecule has 90 valence electrons. The zero-order valence-electron chi connectivity index (χ0n) is 7.71. The van der Waals surface area contributed by atoms with E-state index in [1.165, 1.54) is 6.92 Å². The highest BCUT2D eigenvalue weighted by Crippen LogP contribution is 2.44. The molecule has 7 heteroatoms. The number of hydrogen-bond acceptors (Lipinski definition) is 0. The van der Waals surface area contributed by atoms with Gasteiger partial charge in [0.05, 0.1) is 0 Å². The third kappa shape index (κ3) is 4.53. The largest absolute Gasteiger partial charge is 0.406 e. The van der Waals surface area contributed by atoms with Gasteiger partial charge in [-0.25, -0.2) is 4.39 Å². The van der Waals surface area contributed by atoms with Gasteiger partial charge in [0.2, 0.25) is 5.92 Å². The Morgan fingerprint density at radius 2 is 1.47 bits per heavy atom. The summed E-state index contributed by atoms with van der Waals surface area (Å²) in [5.74, 6) is -6.19. The molecule has 0 heterocycles. The van der Waals surface area contributed by atoms with Crippen LogP contribution in [0.2, 0.25) is 0 Å². The van der Waals surface area contributed by atoms with Gasteiger partial charge >= 0.3 is 12.4 Å². The van der Waals surface area contributed by atoms with Gasteiger partial charge in [0.25, 0.3) is 0 Å². The summed E-state index contributed by atoms with van der Waals surface area (Å²) in [5, 5.41) is 0. The second-order valence-electron chi connectivity index (χ2n) is 2.89. The Hall–Kier alpha value is -0.750. The van der Waals surface area contributed by atoms with Gasteiger partial charge in [0, 0.05) is 0 Å². The maximum absolute atomic E-state index is 12.7. The molecule has 0 amide bonds. The fourth-order valence-corrected chi connectivity index (χ4v) is 0.898. The highest BCUT2D eigenvalue weighted by molar-refractivity contribution is 5.03. The van der Waals surface area contributed by atoms with E-state index in [1.807, 2.05) is 0 Å². The van der Waals surface area contributed by atoms with E-state index in [1.54, 1.807) is 0 Å². The third-order valence-electron chi connectivity index (χ3n) is 1.56. The first kappa shape index (κ1) is 14.2. The van der Waals surface area contributed by atoms with Gasteiger partial charge in [-0.1, -0.05) is 19.4 Å². The Morgan fingerprint density at radius 1 is 1.07 bits per heavy atom. The van der Waals surface area contributed by atoms with Crippen LogP contribution < -0.4 is 0 Å². The van der Waals surface area contributed by atoms with Gasteiger partial charge in [-0.15, -0.1) is 0 Å². The molecule has 0 aliphatic carbocycles. The molecule has 0 rings (SSSR count). The van der Waals surface area contributed by atoms with Gasteiger partial charge in [0.1, 0.15) is 5.83 Å². The van der Waals surface area contributed by atoms with Crippen molar-refractivity contribution < 1.29 is 30.7 Å². The van der Waals surface area contributed by atoms with Gasteiger partial charge in [-0.2, -0.15) is 26.3 Å². The number of allylic oxidation sites excluding steroid dienone is 2. The minimum atomic E-state index is -5.65. The molecular formula is C8H9F7. The maximum Gasteiger partial charge on any atom is 0.406 e. The SMILES string of the molecule is CCCC=C(F)C(C(F)(F)F)C(F)(F)F. The predicted molar refractivity (Wildman–Crippen MR) is 39.7 cm³/mol. The molecule has 0 aromatic carbocycles. The summed E-state index contributed by atoms with van der Waals surface area (Å²) in [6.45, 7) is 1.51. The molecule has 0 aromatic rings. The lowest BCUT2D eigenvalue weighted by atomic mass is 10.1. The number of hydrogen-bond donors (Lipinski definition) is 0. The van der Waals surface area contributed by atoms with Crippen LogP contribution in [0.25, 0.3) is 0 Å². The molecule has 0 aliphatic rings. The number of rotatable bonds is 3. The Balaban J connectivity index is 4.97. The molecule has 0 spiro atoms. The van der Waals surface area contributed by atoms with Crippen LogP contribution in [0.1, 0.15) is 19.8 Å². The van der Waals surface area contributed by atoms with Gasteiger partial charge < -0.3 is 0 Å². The summed E-state index contributed by atoms with van der Waals surface area (Å²) < 4.78 is 84.0. The van der Waals surface area contributed by atoms with Crippen LogP contribution in [-0.2, 0) is 0 Å². The van der Waals surface area contributed by atoms with E-state index in [-0.39, 0.29) is 12.8 Å². The van der Waals surface area contributed by atoms with Crippen LogP contribution in [0.15, 0.2) is 11.9 Å². The van der Waals surface area contributed by atoms with Crippen LogP contribution >= 0.6 is 0 Å². The van der Waals surface area contributed by atoms with E-state index >= 15 is 0 Å². The highest BCUT2D eigenvalue weighted by Gasteiger charge is 2.59. The molecule has 0 nitrogen and oxygen atoms in total. The smallest absolute Gasteiger partial charge is 0.211 e. The standard InChI is InChI=1S/C8H9F7/c1-2-3-4-5(9)6(7(10,11)12)8(13,14)15/h4,6H,2-3H2,1H3. The molecule has 0 atom stereocenters. The summed E-state index contributed by atoms with van der Waals surface area (Å²) in [6, 6.07) is 0. The van der Waals surface area contributed by atoms with Gasteiger partial charge in [-0.3, -0.25) is 0 Å². The molecule has 0 N–H and O–H groups in total. The lowest BCUT2D eigenvalue weighted by Crippen LogP contribution is -2.36. The van der Waals surface area contributed by atoms with Crippen LogP contribution in [0, 0.1) is 5.92 Å². The zero-order valence-corrected chi connectivity index (χ0v) is 7.71. The highest BCUT2D eigenvalue weighted by atomic mass is 19.4. The van der Waals surface area contributed by atoms with E-state index in [4.69, 9.17) is 0 Å². The van der Waals surface area contributed by atoms with Crippen molar-refractivity contribution in [2.45, 2.75) is 32.1 Å². The van der Waals surface area contributed by atoms with Crippen molar-refractivity contribution in [1.82, 2.24) is 0 Å². The fraction of sp³-hybridized carbons (Fsp3) is 0.750. The average molecular weight is 238 g/mol. The van der Waals surface area contributed by atoms with Crippen LogP contribution in [-0.4, -0.2) is 12.4 Å². The lowest BCUT2D eigenvalue weighted by molar-refractivity contribution is -0.275. The van der Waals surface area contributed by atoms with Crippen molar-refractivity contribution in [2.75, 3.05) is 0 Å². The van der Waals surface area contributed by atoms with E-state index in [2.05, 4.69) is 0 Å². The molecule has 0 radical (unpaired) electrons. The van der Waals surface area contributed by atoms with Crippen molar-refractivity contribution in [3.63, 3.8) is 0 Å². The number of halogens is 7. The molecule has 0 fully saturated rings. The molecule has 0 aliphatic heterocycles. The van der Waals surface area contributed by atoms with E-state index < -0.39 is 24.1 Å². The Morgan fingerprint density at radius 3 is 1.73 bits per heavy atom. The summed E-state index contributed by atoms with van der Waals surface area (Å²) in [4.78, 5) is 0. The van der Waals surface area contributed by atoms with Gasteiger partial charge in [0.15, 0.2) is 0 Å². The topological polar surface area (TPSA) is 0 Å². The summed E-state index contributed by atoms with van der Waals surface area (Å²) >= 11 is 0. The molecule has 15 heavy (non-hydrogen) atoms. The minimum absolute atomic E-state index is 0.158. The van der Waals surface area contributed by atoms with Crippen molar-refractivity contribution in [1.29, 1.82) is 0 Å². The second kappa shape index (κ2) is 4.85. The number of alkyl halides is 6. The quantitative estimate of drug-likeness (QED) is 0.640. The first-order valence-corrected chi connectivity index (χ1v) is 4.09. The molecule has 0 bridgehead atoms. The Kier molecular flexibility index (Phi) is 4.61. The summed E-state index contributed by atoms with van der Waals surface area (Å²) in [7, 11) is 0. The first-order valence-electron chi connectivity index (χ1n) is 4.09. The maximum atomic E-state index is 12.7. The Labute approximate surface area is 81.8 Å². The van der Waals surface area contributed by atoms with Crippen molar-refractivity contribution >= 4 is 0 Å². The van der Waals surface area contributed by atoms with Crippen molar-refractivity contribution in [2.24, 2.45) is 5.92 Å². The second-order valence-corrected chi connectivity index (χ2v) is 2.89. The molecule has 0 aromatic heterocycles. The first-order chi connectivity index (χ1) is 6.60. The minimum Gasteiger partial charge on any atom is -0.211 e. The lowest BCUT2D eigenvalue weighted by Gasteiger charge is -2.21. The van der Waals surface area contributed by atoms with E-state index in [0.29, 0.717) is 6.08 Å². The molecule has 0 unspecified atom stereocenters. The van der Waals surface area contributed by atoms with Crippen LogP contribution in [0.4, 0.5) is 30.7 Å². The summed E-state index contributed by atoms with van der Waals surface area (Å²) in [6.07, 6.45) is -10.9. The zero-order chi connectivity index (χ0) is 12.3. The monoisotopic (exact) mass is 238 g/mol. The normalized spacial score (nSPS) is 14.9. The average Bonchev–Trinajstić information content (AvgIpc) is 1.94. The van der Waals surface area contributed by atoms with Crippen molar-refractivity contribution in [3.8, 4) is 0 Å². The predicted octanol–water partition coefficient (Wildman–Crippen LogP) is 4.38. The van der Waals surface area contributed by atoms with Crippen LogP contribution in [0.5, 0.6) is 0 Å². The number of unbranched alkanes of at least 4 members (excludes halogenated alkanes) is 1. The van der Waals surface area contributed by atoms with Crippen LogP contribution in [0.3, 0.4) is 0 Å². The molecule has 0 saturated heterocycles. The van der Waals surface area contributed by atoms with Crippen molar-refractivity contribution in [3.05, 3.63) is 11.9 Å². The van der Waals surface area contributed by atoms with Gasteiger partial charge in [-0.05, 0) is 6.42 Å². The molecular weight excluding hydrogens is 229 g/mol. The van der Waals surface area contributed by atoms with E-state index in [9.17, 15) is 30.7 Å². The summed E-state index contributed by atoms with van der Waals surface area (Å²) in [5.41, 5.74) is 0. The Bertz CT molecular complexity index is 208.